The van der Waals surface area contributed by atoms with Crippen LogP contribution in [0.3, 0.4) is 0 Å². The van der Waals surface area contributed by atoms with E-state index in [0.29, 0.717) is 13.1 Å². The van der Waals surface area contributed by atoms with E-state index in [0.717, 1.165) is 25.7 Å². The average molecular weight is 264 g/mol. The fourth-order valence-electron chi connectivity index (χ4n) is 1.17. The lowest BCUT2D eigenvalue weighted by Gasteiger charge is -2.04. The van der Waals surface area contributed by atoms with Crippen LogP contribution in [0, 0.1) is 0 Å². The molecule has 4 nitrogen and oxygen atoms in total. The first-order chi connectivity index (χ1) is 7.70. The summed E-state index contributed by atoms with van der Waals surface area (Å²) in [6, 6.07) is 0. The van der Waals surface area contributed by atoms with Crippen LogP contribution in [0.2, 0.25) is 0 Å². The Hall–Kier alpha value is -0.360. The van der Waals surface area contributed by atoms with E-state index in [2.05, 4.69) is 35.9 Å². The Kier molecular flexibility index (Phi) is 10.9. The SMILES string of the molecule is O=C(CS)NCCCCCCNC(=O)CS. The molecule has 2 amide bonds. The zero-order chi connectivity index (χ0) is 12.2. The number of amides is 2. The molecule has 0 aromatic rings. The number of rotatable bonds is 9. The third-order valence-electron chi connectivity index (χ3n) is 2.04. The van der Waals surface area contributed by atoms with Crippen molar-refractivity contribution in [1.82, 2.24) is 10.6 Å². The monoisotopic (exact) mass is 264 g/mol. The quantitative estimate of drug-likeness (QED) is 0.365. The fraction of sp³-hybridized carbons (Fsp3) is 0.800. The number of nitrogens with one attached hydrogen (secondary N) is 2. The fourth-order valence-corrected chi connectivity index (χ4v) is 1.39. The highest BCUT2D eigenvalue weighted by atomic mass is 32.1. The molecule has 0 bridgehead atoms. The van der Waals surface area contributed by atoms with E-state index in [1.54, 1.807) is 0 Å². The molecule has 0 aromatic heterocycles. The Morgan fingerprint density at radius 3 is 1.44 bits per heavy atom. The molecule has 0 aliphatic carbocycles. The third-order valence-corrected chi connectivity index (χ3v) is 2.61. The van der Waals surface area contributed by atoms with Crippen LogP contribution in [0.25, 0.3) is 0 Å². The van der Waals surface area contributed by atoms with Gasteiger partial charge in [-0.15, -0.1) is 0 Å². The summed E-state index contributed by atoms with van der Waals surface area (Å²) in [5.41, 5.74) is 0. The first kappa shape index (κ1) is 15.6. The molecular weight excluding hydrogens is 244 g/mol. The Morgan fingerprint density at radius 1 is 0.750 bits per heavy atom. The van der Waals surface area contributed by atoms with E-state index in [-0.39, 0.29) is 23.3 Å². The molecule has 16 heavy (non-hydrogen) atoms. The van der Waals surface area contributed by atoms with Gasteiger partial charge in [0.1, 0.15) is 0 Å². The van der Waals surface area contributed by atoms with Gasteiger partial charge in [0.05, 0.1) is 11.5 Å². The summed E-state index contributed by atoms with van der Waals surface area (Å²) >= 11 is 7.71. The summed E-state index contributed by atoms with van der Waals surface area (Å²) in [5.74, 6) is 0.444. The van der Waals surface area contributed by atoms with Gasteiger partial charge in [0.25, 0.3) is 0 Å². The third kappa shape index (κ3) is 10.2. The number of carbonyl (C=O) groups is 2. The Labute approximate surface area is 108 Å². The summed E-state index contributed by atoms with van der Waals surface area (Å²) < 4.78 is 0. The molecule has 0 unspecified atom stereocenters. The van der Waals surface area contributed by atoms with Crippen molar-refractivity contribution >= 4 is 37.1 Å². The van der Waals surface area contributed by atoms with Crippen LogP contribution in [0.15, 0.2) is 0 Å². The predicted molar refractivity (Wildman–Crippen MR) is 72.2 cm³/mol. The first-order valence-corrected chi connectivity index (χ1v) is 6.72. The van der Waals surface area contributed by atoms with Crippen molar-refractivity contribution in [2.45, 2.75) is 25.7 Å². The molecule has 0 aliphatic rings. The summed E-state index contributed by atoms with van der Waals surface area (Å²) in [6.45, 7) is 1.42. The number of thiol groups is 2. The molecule has 0 rings (SSSR count). The van der Waals surface area contributed by atoms with Crippen LogP contribution < -0.4 is 10.6 Å². The van der Waals surface area contributed by atoms with E-state index in [9.17, 15) is 9.59 Å². The van der Waals surface area contributed by atoms with Gasteiger partial charge in [0.15, 0.2) is 0 Å². The molecule has 0 fully saturated rings. The van der Waals surface area contributed by atoms with E-state index >= 15 is 0 Å². The van der Waals surface area contributed by atoms with Crippen molar-refractivity contribution in [2.24, 2.45) is 0 Å². The lowest BCUT2D eigenvalue weighted by Crippen LogP contribution is -2.26. The van der Waals surface area contributed by atoms with Gasteiger partial charge >= 0.3 is 0 Å². The Balaban J connectivity index is 3.10. The summed E-state index contributed by atoms with van der Waals surface area (Å²) in [5, 5.41) is 5.51. The maximum Gasteiger partial charge on any atom is 0.229 e. The molecule has 0 saturated carbocycles. The predicted octanol–water partition coefficient (Wildman–Crippen LogP) is 0.639. The highest BCUT2D eigenvalue weighted by Gasteiger charge is 1.97. The standard InChI is InChI=1S/C10H20N2O2S2/c13-9(7-15)11-5-3-1-2-4-6-12-10(14)8-16/h15-16H,1-8H2,(H,11,13)(H,12,14). The van der Waals surface area contributed by atoms with Gasteiger partial charge < -0.3 is 10.6 Å². The van der Waals surface area contributed by atoms with Gasteiger partial charge in [0.2, 0.25) is 11.8 Å². The molecule has 6 heteroatoms. The van der Waals surface area contributed by atoms with Crippen LogP contribution in [0.1, 0.15) is 25.7 Å². The second-order valence-corrected chi connectivity index (χ2v) is 4.06. The van der Waals surface area contributed by atoms with Crippen LogP contribution in [0.4, 0.5) is 0 Å². The molecule has 0 aromatic carbocycles. The van der Waals surface area contributed by atoms with Crippen molar-refractivity contribution in [1.29, 1.82) is 0 Å². The molecule has 0 atom stereocenters. The van der Waals surface area contributed by atoms with Crippen LogP contribution >= 0.6 is 25.3 Å². The van der Waals surface area contributed by atoms with Gasteiger partial charge in [-0.25, -0.2) is 0 Å². The second-order valence-electron chi connectivity index (χ2n) is 3.43. The highest BCUT2D eigenvalue weighted by Crippen LogP contribution is 1.97. The van der Waals surface area contributed by atoms with Crippen molar-refractivity contribution < 1.29 is 9.59 Å². The zero-order valence-electron chi connectivity index (χ0n) is 9.37. The van der Waals surface area contributed by atoms with Crippen molar-refractivity contribution in [3.05, 3.63) is 0 Å². The number of unbranched alkanes of at least 4 members (excludes halogenated alkanes) is 3. The topological polar surface area (TPSA) is 58.2 Å². The largest absolute Gasteiger partial charge is 0.355 e. The van der Waals surface area contributed by atoms with Crippen molar-refractivity contribution in [3.8, 4) is 0 Å². The highest BCUT2D eigenvalue weighted by molar-refractivity contribution is 7.81. The van der Waals surface area contributed by atoms with E-state index < -0.39 is 0 Å². The normalized spacial score (nSPS) is 9.88. The number of hydrogen-bond acceptors (Lipinski definition) is 4. The van der Waals surface area contributed by atoms with Gasteiger partial charge in [-0.05, 0) is 12.8 Å². The summed E-state index contributed by atoms with van der Waals surface area (Å²) in [4.78, 5) is 21.6. The smallest absolute Gasteiger partial charge is 0.229 e. The van der Waals surface area contributed by atoms with E-state index in [1.807, 2.05) is 0 Å². The number of hydrogen-bond donors (Lipinski definition) is 4. The van der Waals surface area contributed by atoms with Gasteiger partial charge in [0, 0.05) is 13.1 Å². The molecule has 0 aliphatic heterocycles. The van der Waals surface area contributed by atoms with Gasteiger partial charge in [-0.1, -0.05) is 12.8 Å². The molecule has 0 spiro atoms. The van der Waals surface area contributed by atoms with E-state index in [4.69, 9.17) is 0 Å². The zero-order valence-corrected chi connectivity index (χ0v) is 11.2. The summed E-state index contributed by atoms with van der Waals surface area (Å²) in [7, 11) is 0. The average Bonchev–Trinajstić information content (AvgIpc) is 2.31. The number of carbonyl (C=O) groups excluding carboxylic acids is 2. The summed E-state index contributed by atoms with van der Waals surface area (Å²) in [6.07, 6.45) is 4.06. The van der Waals surface area contributed by atoms with Crippen LogP contribution in [-0.4, -0.2) is 36.4 Å². The molecule has 0 saturated heterocycles. The van der Waals surface area contributed by atoms with Crippen molar-refractivity contribution in [3.63, 3.8) is 0 Å². The van der Waals surface area contributed by atoms with Crippen LogP contribution in [0.5, 0.6) is 0 Å². The Bertz CT molecular complexity index is 191. The molecule has 94 valence electrons. The second kappa shape index (κ2) is 11.1. The minimum absolute atomic E-state index is 0.0237. The lowest BCUT2D eigenvalue weighted by atomic mass is 10.2. The van der Waals surface area contributed by atoms with E-state index in [1.165, 1.54) is 0 Å². The maximum absolute atomic E-state index is 10.8. The molecule has 0 heterocycles. The lowest BCUT2D eigenvalue weighted by molar-refractivity contribution is -0.119. The van der Waals surface area contributed by atoms with Crippen molar-refractivity contribution in [2.75, 3.05) is 24.6 Å². The molecule has 2 N–H and O–H groups in total. The van der Waals surface area contributed by atoms with Crippen LogP contribution in [-0.2, 0) is 9.59 Å². The molecule has 0 radical (unpaired) electrons. The van der Waals surface area contributed by atoms with Gasteiger partial charge in [-0.2, -0.15) is 25.3 Å². The van der Waals surface area contributed by atoms with Gasteiger partial charge in [-0.3, -0.25) is 9.59 Å². The minimum Gasteiger partial charge on any atom is -0.355 e. The minimum atomic E-state index is -0.0237. The first-order valence-electron chi connectivity index (χ1n) is 5.45. The Morgan fingerprint density at radius 2 is 1.12 bits per heavy atom. The molecular formula is C10H20N2O2S2. The maximum atomic E-state index is 10.8.